The molecule has 196 valence electrons. The highest BCUT2D eigenvalue weighted by Crippen LogP contribution is 2.34. The summed E-state index contributed by atoms with van der Waals surface area (Å²) in [6, 6.07) is 20.9. The summed E-state index contributed by atoms with van der Waals surface area (Å²) in [5.74, 6) is -0.715. The van der Waals surface area contributed by atoms with Gasteiger partial charge in [-0.2, -0.15) is 13.2 Å². The zero-order valence-electron chi connectivity index (χ0n) is 21.0. The molecule has 1 heterocycles. The summed E-state index contributed by atoms with van der Waals surface area (Å²) in [6.07, 6.45) is -1.66. The predicted octanol–water partition coefficient (Wildman–Crippen LogP) is 7.38. The third kappa shape index (κ3) is 6.32. The molecule has 0 saturated heterocycles. The number of pyridine rings is 1. The third-order valence-electron chi connectivity index (χ3n) is 6.27. The number of ether oxygens (including phenoxy) is 1. The molecule has 0 aliphatic heterocycles. The van der Waals surface area contributed by atoms with Crippen LogP contribution in [-0.4, -0.2) is 22.6 Å². The maximum atomic E-state index is 13.3. The molecular formula is C30H27F3N2O3. The fourth-order valence-electron chi connectivity index (χ4n) is 4.21. The first-order chi connectivity index (χ1) is 18.2. The first kappa shape index (κ1) is 26.7. The van der Waals surface area contributed by atoms with Crippen LogP contribution in [0, 0.1) is 6.92 Å². The molecule has 1 aromatic heterocycles. The van der Waals surface area contributed by atoms with E-state index in [1.165, 1.54) is 30.6 Å². The van der Waals surface area contributed by atoms with Gasteiger partial charge in [0.1, 0.15) is 12.4 Å². The number of hydrogen-bond acceptors (Lipinski definition) is 4. The Morgan fingerprint density at radius 1 is 1.00 bits per heavy atom. The van der Waals surface area contributed by atoms with Gasteiger partial charge in [0.2, 0.25) is 0 Å². The summed E-state index contributed by atoms with van der Waals surface area (Å²) >= 11 is 0. The minimum Gasteiger partial charge on any atom is -0.487 e. The molecule has 0 bridgehead atoms. The van der Waals surface area contributed by atoms with Gasteiger partial charge in [0.05, 0.1) is 17.3 Å². The van der Waals surface area contributed by atoms with Gasteiger partial charge < -0.3 is 14.7 Å². The summed E-state index contributed by atoms with van der Waals surface area (Å²) in [7, 11) is 0. The van der Waals surface area contributed by atoms with Crippen molar-refractivity contribution in [1.82, 2.24) is 4.98 Å². The van der Waals surface area contributed by atoms with Crippen molar-refractivity contribution in [3.8, 4) is 16.9 Å². The SMILES string of the molecule is CCN(Cc1ccc(-c2ccccc2COc2cncc(C(=O)O)c2)cc1)c1cc(C(F)(F)F)ccc1C. The van der Waals surface area contributed by atoms with Gasteiger partial charge in [-0.05, 0) is 59.9 Å². The zero-order chi connectivity index (χ0) is 27.3. The van der Waals surface area contributed by atoms with Crippen molar-refractivity contribution in [2.75, 3.05) is 11.4 Å². The van der Waals surface area contributed by atoms with Crippen LogP contribution in [0.2, 0.25) is 0 Å². The van der Waals surface area contributed by atoms with Crippen LogP contribution in [0.4, 0.5) is 18.9 Å². The van der Waals surface area contributed by atoms with Crippen molar-refractivity contribution in [1.29, 1.82) is 0 Å². The molecule has 4 aromatic rings. The Bertz CT molecular complexity index is 1420. The maximum Gasteiger partial charge on any atom is 0.416 e. The molecule has 0 radical (unpaired) electrons. The molecule has 5 nitrogen and oxygen atoms in total. The monoisotopic (exact) mass is 520 g/mol. The Hall–Kier alpha value is -4.33. The number of hydrogen-bond donors (Lipinski definition) is 1. The van der Waals surface area contributed by atoms with Gasteiger partial charge in [0, 0.05) is 25.0 Å². The van der Waals surface area contributed by atoms with Gasteiger partial charge in [-0.1, -0.05) is 54.6 Å². The number of aromatic nitrogens is 1. The maximum absolute atomic E-state index is 13.3. The van der Waals surface area contributed by atoms with Crippen molar-refractivity contribution in [3.63, 3.8) is 0 Å². The molecule has 0 atom stereocenters. The zero-order valence-corrected chi connectivity index (χ0v) is 21.0. The second-order valence-electron chi connectivity index (χ2n) is 8.87. The Kier molecular flexibility index (Phi) is 8.00. The van der Waals surface area contributed by atoms with Crippen LogP contribution in [0.1, 0.15) is 39.5 Å². The van der Waals surface area contributed by atoms with E-state index in [2.05, 4.69) is 4.98 Å². The van der Waals surface area contributed by atoms with Gasteiger partial charge >= 0.3 is 12.1 Å². The quantitative estimate of drug-likeness (QED) is 0.250. The smallest absolute Gasteiger partial charge is 0.416 e. The van der Waals surface area contributed by atoms with E-state index in [1.54, 1.807) is 0 Å². The molecule has 0 spiro atoms. The molecule has 38 heavy (non-hydrogen) atoms. The molecule has 0 aliphatic carbocycles. The van der Waals surface area contributed by atoms with E-state index in [0.29, 0.717) is 24.5 Å². The molecule has 1 N–H and O–H groups in total. The number of nitrogens with zero attached hydrogens (tertiary/aromatic N) is 2. The summed E-state index contributed by atoms with van der Waals surface area (Å²) in [6.45, 7) is 4.99. The van der Waals surface area contributed by atoms with Crippen molar-refractivity contribution in [2.24, 2.45) is 0 Å². The fraction of sp³-hybridized carbons (Fsp3) is 0.200. The van der Waals surface area contributed by atoms with E-state index >= 15 is 0 Å². The van der Waals surface area contributed by atoms with Crippen molar-refractivity contribution < 1.29 is 27.8 Å². The second kappa shape index (κ2) is 11.4. The molecule has 0 fully saturated rings. The summed E-state index contributed by atoms with van der Waals surface area (Å²) in [5.41, 5.74) is 4.55. The first-order valence-corrected chi connectivity index (χ1v) is 12.1. The van der Waals surface area contributed by atoms with Crippen LogP contribution < -0.4 is 9.64 Å². The molecule has 0 unspecified atom stereocenters. The van der Waals surface area contributed by atoms with E-state index < -0.39 is 17.7 Å². The number of carboxylic acids is 1. The normalized spacial score (nSPS) is 11.3. The highest BCUT2D eigenvalue weighted by molar-refractivity contribution is 5.87. The highest BCUT2D eigenvalue weighted by Gasteiger charge is 2.31. The van der Waals surface area contributed by atoms with Gasteiger partial charge in [-0.25, -0.2) is 4.79 Å². The van der Waals surface area contributed by atoms with E-state index in [-0.39, 0.29) is 12.2 Å². The van der Waals surface area contributed by atoms with E-state index in [0.717, 1.165) is 33.9 Å². The van der Waals surface area contributed by atoms with Gasteiger partial charge in [-0.3, -0.25) is 4.98 Å². The molecule has 4 rings (SSSR count). The first-order valence-electron chi connectivity index (χ1n) is 12.1. The number of aromatic carboxylic acids is 1. The summed E-state index contributed by atoms with van der Waals surface area (Å²) in [4.78, 5) is 17.0. The highest BCUT2D eigenvalue weighted by atomic mass is 19.4. The lowest BCUT2D eigenvalue weighted by molar-refractivity contribution is -0.137. The predicted molar refractivity (Wildman–Crippen MR) is 140 cm³/mol. The average molecular weight is 521 g/mol. The van der Waals surface area contributed by atoms with E-state index in [9.17, 15) is 18.0 Å². The number of carbonyl (C=O) groups is 1. The lowest BCUT2D eigenvalue weighted by Crippen LogP contribution is -2.23. The lowest BCUT2D eigenvalue weighted by atomic mass is 9.99. The molecule has 0 amide bonds. The van der Waals surface area contributed by atoms with Crippen molar-refractivity contribution in [2.45, 2.75) is 33.2 Å². The Balaban J connectivity index is 1.51. The molecule has 3 aromatic carbocycles. The molecule has 0 aliphatic rings. The van der Waals surface area contributed by atoms with Crippen LogP contribution >= 0.6 is 0 Å². The largest absolute Gasteiger partial charge is 0.487 e. The lowest BCUT2D eigenvalue weighted by Gasteiger charge is -2.26. The van der Waals surface area contributed by atoms with Gasteiger partial charge in [0.25, 0.3) is 0 Å². The second-order valence-corrected chi connectivity index (χ2v) is 8.87. The number of carboxylic acid groups (broad SMARTS) is 1. The Morgan fingerprint density at radius 3 is 2.42 bits per heavy atom. The number of rotatable bonds is 9. The number of alkyl halides is 3. The van der Waals surface area contributed by atoms with Crippen molar-refractivity contribution in [3.05, 3.63) is 113 Å². The van der Waals surface area contributed by atoms with Gasteiger partial charge in [0.15, 0.2) is 0 Å². The van der Waals surface area contributed by atoms with Gasteiger partial charge in [-0.15, -0.1) is 0 Å². The fourth-order valence-corrected chi connectivity index (χ4v) is 4.21. The van der Waals surface area contributed by atoms with Crippen LogP contribution in [0.5, 0.6) is 5.75 Å². The molecular weight excluding hydrogens is 493 g/mol. The van der Waals surface area contributed by atoms with Crippen LogP contribution in [-0.2, 0) is 19.3 Å². The molecule has 0 saturated carbocycles. The Morgan fingerprint density at radius 2 is 1.74 bits per heavy atom. The molecule has 8 heteroatoms. The van der Waals surface area contributed by atoms with E-state index in [1.807, 2.05) is 67.3 Å². The van der Waals surface area contributed by atoms with Crippen molar-refractivity contribution >= 4 is 11.7 Å². The third-order valence-corrected chi connectivity index (χ3v) is 6.27. The van der Waals surface area contributed by atoms with Crippen LogP contribution in [0.15, 0.2) is 85.2 Å². The van der Waals surface area contributed by atoms with E-state index in [4.69, 9.17) is 9.84 Å². The number of aryl methyl sites for hydroxylation is 1. The average Bonchev–Trinajstić information content (AvgIpc) is 2.91. The number of anilines is 1. The number of benzene rings is 3. The topological polar surface area (TPSA) is 62.7 Å². The summed E-state index contributed by atoms with van der Waals surface area (Å²) < 4.78 is 45.7. The number of halogens is 3. The minimum atomic E-state index is -4.39. The summed E-state index contributed by atoms with van der Waals surface area (Å²) in [5, 5.41) is 9.16. The Labute approximate surface area is 219 Å². The van der Waals surface area contributed by atoms with Crippen LogP contribution in [0.3, 0.4) is 0 Å². The standard InChI is InChI=1S/C30H27F3N2O3/c1-3-35(28-15-25(30(31,32)33)13-8-20(28)2)18-21-9-11-22(12-10-21)27-7-5-4-6-23(27)19-38-26-14-24(29(36)37)16-34-17-26/h4-17H,3,18-19H2,1-2H3,(H,36,37). The van der Waals surface area contributed by atoms with Crippen LogP contribution in [0.25, 0.3) is 11.1 Å². The minimum absolute atomic E-state index is 0.0489.